The molecule has 2 N–H and O–H groups in total. The van der Waals surface area contributed by atoms with Crippen molar-refractivity contribution in [2.75, 3.05) is 19.8 Å². The molecule has 6 heteroatoms. The summed E-state index contributed by atoms with van der Waals surface area (Å²) < 4.78 is 17.0. The Labute approximate surface area is 153 Å². The molecule has 26 heavy (non-hydrogen) atoms. The largest absolute Gasteiger partial charge is 0.450 e. The normalized spacial score (nSPS) is 26.2. The van der Waals surface area contributed by atoms with Gasteiger partial charge in [-0.15, -0.1) is 0 Å². The number of fused-ring (bicyclic) bond motifs is 1. The lowest BCUT2D eigenvalue weighted by molar-refractivity contribution is -0.137. The van der Waals surface area contributed by atoms with Crippen LogP contribution in [0.5, 0.6) is 0 Å². The maximum atomic E-state index is 12.9. The lowest BCUT2D eigenvalue weighted by Gasteiger charge is -2.39. The van der Waals surface area contributed by atoms with Crippen molar-refractivity contribution in [1.82, 2.24) is 5.32 Å². The van der Waals surface area contributed by atoms with Gasteiger partial charge in [0.05, 0.1) is 6.61 Å². The van der Waals surface area contributed by atoms with Gasteiger partial charge in [-0.2, -0.15) is 0 Å². The summed E-state index contributed by atoms with van der Waals surface area (Å²) in [5, 5.41) is 13.2. The molecular weight excluding hydrogens is 337 g/mol. The third-order valence-corrected chi connectivity index (χ3v) is 6.04. The highest BCUT2D eigenvalue weighted by molar-refractivity contribution is 6.10. The van der Waals surface area contributed by atoms with Crippen LogP contribution in [0.25, 0.3) is 0 Å². The van der Waals surface area contributed by atoms with Crippen molar-refractivity contribution in [2.24, 2.45) is 5.41 Å². The van der Waals surface area contributed by atoms with Crippen LogP contribution in [0.4, 0.5) is 9.18 Å². The van der Waals surface area contributed by atoms with Crippen LogP contribution in [-0.2, 0) is 9.53 Å². The highest BCUT2D eigenvalue weighted by atomic mass is 19.1. The summed E-state index contributed by atoms with van der Waals surface area (Å²) in [7, 11) is 0. The van der Waals surface area contributed by atoms with E-state index in [-0.39, 0.29) is 18.9 Å². The first kappa shape index (κ1) is 18.8. The first-order valence-corrected chi connectivity index (χ1v) is 9.13. The molecule has 0 saturated heterocycles. The lowest BCUT2D eigenvalue weighted by Crippen LogP contribution is -2.49. The Morgan fingerprint density at radius 1 is 1.38 bits per heavy atom. The van der Waals surface area contributed by atoms with Crippen molar-refractivity contribution in [2.45, 2.75) is 52.1 Å². The molecule has 1 amide bonds. The first-order chi connectivity index (χ1) is 12.3. The standard InChI is InChI=1S/C20H26FNO4/c1-12-11-15-16(13(2)20(6-7-20)19(3,25)17(15)23)14(12)5-4-10-26-18(24)22-9-8-21/h11,25H,4-10H2,1-3H3,(H,22,24)/t19-/m0/s1. The Kier molecular flexibility index (Phi) is 4.82. The fourth-order valence-corrected chi connectivity index (χ4v) is 4.35. The van der Waals surface area contributed by atoms with Gasteiger partial charge >= 0.3 is 6.09 Å². The van der Waals surface area contributed by atoms with Crippen LogP contribution in [0.2, 0.25) is 0 Å². The molecule has 0 bridgehead atoms. The quantitative estimate of drug-likeness (QED) is 0.711. The maximum Gasteiger partial charge on any atom is 0.407 e. The zero-order valence-corrected chi connectivity index (χ0v) is 15.6. The second-order valence-corrected chi connectivity index (χ2v) is 7.56. The number of ether oxygens (including phenoxy) is 1. The number of allylic oxidation sites excluding steroid dienone is 4. The van der Waals surface area contributed by atoms with Crippen molar-refractivity contribution < 1.29 is 23.8 Å². The number of hydrogen-bond acceptors (Lipinski definition) is 4. The fraction of sp³-hybridized carbons (Fsp3) is 0.600. The number of alkyl carbamates (subject to hydrolysis) is 1. The molecule has 5 nitrogen and oxygen atoms in total. The summed E-state index contributed by atoms with van der Waals surface area (Å²) >= 11 is 0. The van der Waals surface area contributed by atoms with Crippen LogP contribution < -0.4 is 5.32 Å². The third kappa shape index (κ3) is 2.80. The molecule has 0 aromatic rings. The van der Waals surface area contributed by atoms with Crippen LogP contribution in [-0.4, -0.2) is 42.4 Å². The number of halogens is 1. The molecule has 0 aromatic heterocycles. The van der Waals surface area contributed by atoms with Crippen molar-refractivity contribution in [1.29, 1.82) is 0 Å². The van der Waals surface area contributed by atoms with Gasteiger partial charge in [0.2, 0.25) is 0 Å². The van der Waals surface area contributed by atoms with Crippen LogP contribution in [0.1, 0.15) is 46.5 Å². The monoisotopic (exact) mass is 363 g/mol. The van der Waals surface area contributed by atoms with Crippen LogP contribution in [0, 0.1) is 5.41 Å². The third-order valence-electron chi connectivity index (χ3n) is 6.04. The predicted octanol–water partition coefficient (Wildman–Crippen LogP) is 3.15. The van der Waals surface area contributed by atoms with Gasteiger partial charge < -0.3 is 15.2 Å². The predicted molar refractivity (Wildman–Crippen MR) is 95.3 cm³/mol. The van der Waals surface area contributed by atoms with Gasteiger partial charge in [0.15, 0.2) is 5.78 Å². The number of aliphatic hydroxyl groups is 1. The average molecular weight is 363 g/mol. The Bertz CT molecular complexity index is 741. The van der Waals surface area contributed by atoms with E-state index in [9.17, 15) is 19.1 Å². The number of nitrogens with one attached hydrogen (secondary N) is 1. The first-order valence-electron chi connectivity index (χ1n) is 9.13. The van der Waals surface area contributed by atoms with Gasteiger partial charge in [-0.05, 0) is 69.2 Å². The second kappa shape index (κ2) is 6.65. The van der Waals surface area contributed by atoms with E-state index >= 15 is 0 Å². The Morgan fingerprint density at radius 2 is 2.08 bits per heavy atom. The number of amides is 1. The van der Waals surface area contributed by atoms with Gasteiger partial charge in [-0.25, -0.2) is 9.18 Å². The zero-order valence-electron chi connectivity index (χ0n) is 15.6. The van der Waals surface area contributed by atoms with E-state index in [1.54, 1.807) is 6.92 Å². The van der Waals surface area contributed by atoms with E-state index < -0.39 is 23.8 Å². The summed E-state index contributed by atoms with van der Waals surface area (Å²) in [6.45, 7) is 5.19. The van der Waals surface area contributed by atoms with E-state index in [0.717, 1.165) is 35.1 Å². The smallest absolute Gasteiger partial charge is 0.407 e. The van der Waals surface area contributed by atoms with E-state index in [2.05, 4.69) is 5.32 Å². The molecule has 1 fully saturated rings. The summed E-state index contributed by atoms with van der Waals surface area (Å²) in [6, 6.07) is 0. The maximum absolute atomic E-state index is 12.9. The number of carbonyl (C=O) groups excluding carboxylic acids is 2. The van der Waals surface area contributed by atoms with Gasteiger partial charge in [-0.1, -0.05) is 5.57 Å². The van der Waals surface area contributed by atoms with Gasteiger partial charge in [0.25, 0.3) is 0 Å². The summed E-state index contributed by atoms with van der Waals surface area (Å²) in [4.78, 5) is 24.2. The number of ketones is 1. The molecule has 1 atom stereocenters. The lowest BCUT2D eigenvalue weighted by atomic mass is 9.67. The molecule has 3 aliphatic rings. The molecule has 0 radical (unpaired) electrons. The Balaban J connectivity index is 1.70. The fourth-order valence-electron chi connectivity index (χ4n) is 4.35. The molecule has 0 unspecified atom stereocenters. The number of alkyl halides is 1. The average Bonchev–Trinajstić information content (AvgIpc) is 3.35. The summed E-state index contributed by atoms with van der Waals surface area (Å²) in [5.41, 5.74) is 3.06. The topological polar surface area (TPSA) is 75.6 Å². The molecule has 3 rings (SSSR count). The Hall–Kier alpha value is -1.95. The second-order valence-electron chi connectivity index (χ2n) is 7.56. The minimum Gasteiger partial charge on any atom is -0.450 e. The highest BCUT2D eigenvalue weighted by Gasteiger charge is 2.64. The van der Waals surface area contributed by atoms with Crippen LogP contribution >= 0.6 is 0 Å². The summed E-state index contributed by atoms with van der Waals surface area (Å²) in [5.74, 6) is -0.188. The van der Waals surface area contributed by atoms with Crippen molar-refractivity contribution in [3.05, 3.63) is 33.9 Å². The van der Waals surface area contributed by atoms with Crippen molar-refractivity contribution >= 4 is 11.9 Å². The zero-order chi connectivity index (χ0) is 19.1. The van der Waals surface area contributed by atoms with Gasteiger partial charge in [0, 0.05) is 17.5 Å². The number of rotatable bonds is 6. The molecule has 142 valence electrons. The van der Waals surface area contributed by atoms with E-state index in [4.69, 9.17) is 4.74 Å². The molecule has 1 spiro atoms. The Morgan fingerprint density at radius 3 is 2.69 bits per heavy atom. The summed E-state index contributed by atoms with van der Waals surface area (Å²) in [6.07, 6.45) is 4.22. The molecule has 0 aliphatic heterocycles. The molecule has 0 aromatic carbocycles. The van der Waals surface area contributed by atoms with E-state index in [0.29, 0.717) is 18.4 Å². The minimum atomic E-state index is -1.33. The van der Waals surface area contributed by atoms with Gasteiger partial charge in [0.1, 0.15) is 12.3 Å². The molecule has 3 aliphatic carbocycles. The van der Waals surface area contributed by atoms with Crippen LogP contribution in [0.15, 0.2) is 33.9 Å². The van der Waals surface area contributed by atoms with Crippen molar-refractivity contribution in [3.8, 4) is 0 Å². The van der Waals surface area contributed by atoms with Gasteiger partial charge in [-0.3, -0.25) is 4.79 Å². The highest BCUT2D eigenvalue weighted by Crippen LogP contribution is 2.65. The molecule has 0 heterocycles. The molecular formula is C20H26FNO4. The van der Waals surface area contributed by atoms with Crippen molar-refractivity contribution in [3.63, 3.8) is 0 Å². The SMILES string of the molecule is CC1=C(CCCOC(=O)NCCF)C2=C(C)C3(CC3)[C@@](C)(O)C(=O)C2=C1. The number of carbonyl (C=O) groups is 2. The minimum absolute atomic E-state index is 0.0490. The number of Topliss-reactive ketones (excluding diaryl/α,β-unsaturated/α-hetero) is 1. The van der Waals surface area contributed by atoms with E-state index in [1.807, 2.05) is 19.9 Å². The molecule has 1 saturated carbocycles. The van der Waals surface area contributed by atoms with Crippen LogP contribution in [0.3, 0.4) is 0 Å². The number of hydrogen-bond donors (Lipinski definition) is 2. The van der Waals surface area contributed by atoms with E-state index in [1.165, 1.54) is 0 Å².